The van der Waals surface area contributed by atoms with Gasteiger partial charge in [0.15, 0.2) is 6.10 Å². The van der Waals surface area contributed by atoms with Gasteiger partial charge >= 0.3 is 5.97 Å². The standard InChI is InChI=1S/C10H13NO3/c1-7-3-9(5-11-4-7)6-14-8(2)10(12)13/h3-5,8H,6H2,1-2H3,(H,12,13). The second-order valence-corrected chi connectivity index (χ2v) is 3.16. The minimum Gasteiger partial charge on any atom is -0.479 e. The highest BCUT2D eigenvalue weighted by Crippen LogP contribution is 2.04. The van der Waals surface area contributed by atoms with Gasteiger partial charge in [0.05, 0.1) is 6.61 Å². The number of aromatic nitrogens is 1. The lowest BCUT2D eigenvalue weighted by Gasteiger charge is -2.08. The number of hydrogen-bond acceptors (Lipinski definition) is 3. The molecule has 1 aromatic rings. The van der Waals surface area contributed by atoms with Crippen molar-refractivity contribution in [3.8, 4) is 0 Å². The molecular weight excluding hydrogens is 182 g/mol. The zero-order valence-electron chi connectivity index (χ0n) is 8.23. The number of nitrogens with zero attached hydrogens (tertiary/aromatic N) is 1. The fraction of sp³-hybridized carbons (Fsp3) is 0.400. The number of carbonyl (C=O) groups is 1. The van der Waals surface area contributed by atoms with E-state index in [-0.39, 0.29) is 6.61 Å². The quantitative estimate of drug-likeness (QED) is 0.788. The van der Waals surface area contributed by atoms with Gasteiger partial charge in [-0.3, -0.25) is 4.98 Å². The van der Waals surface area contributed by atoms with Gasteiger partial charge < -0.3 is 9.84 Å². The van der Waals surface area contributed by atoms with Gasteiger partial charge in [0, 0.05) is 12.4 Å². The van der Waals surface area contributed by atoms with Gasteiger partial charge in [-0.15, -0.1) is 0 Å². The molecule has 1 N–H and O–H groups in total. The van der Waals surface area contributed by atoms with E-state index < -0.39 is 12.1 Å². The Morgan fingerprint density at radius 3 is 2.93 bits per heavy atom. The van der Waals surface area contributed by atoms with Gasteiger partial charge in [0.2, 0.25) is 0 Å². The Balaban J connectivity index is 2.49. The van der Waals surface area contributed by atoms with E-state index in [2.05, 4.69) is 4.98 Å². The van der Waals surface area contributed by atoms with Crippen LogP contribution < -0.4 is 0 Å². The monoisotopic (exact) mass is 195 g/mol. The van der Waals surface area contributed by atoms with Gasteiger partial charge in [-0.05, 0) is 25.0 Å². The lowest BCUT2D eigenvalue weighted by molar-refractivity contribution is -0.149. The maximum atomic E-state index is 10.4. The smallest absolute Gasteiger partial charge is 0.332 e. The van der Waals surface area contributed by atoms with E-state index in [1.807, 2.05) is 13.0 Å². The summed E-state index contributed by atoms with van der Waals surface area (Å²) < 4.78 is 5.10. The second-order valence-electron chi connectivity index (χ2n) is 3.16. The molecule has 1 aromatic heterocycles. The van der Waals surface area contributed by atoms with E-state index in [0.717, 1.165) is 11.1 Å². The van der Waals surface area contributed by atoms with E-state index in [1.54, 1.807) is 12.4 Å². The van der Waals surface area contributed by atoms with E-state index in [0.29, 0.717) is 0 Å². The Bertz CT molecular complexity index is 325. The zero-order valence-corrected chi connectivity index (χ0v) is 8.23. The minimum atomic E-state index is -0.953. The number of carboxylic acids is 1. The molecule has 1 atom stereocenters. The second kappa shape index (κ2) is 4.72. The van der Waals surface area contributed by atoms with Crippen LogP contribution in [-0.4, -0.2) is 22.2 Å². The van der Waals surface area contributed by atoms with Gasteiger partial charge in [0.1, 0.15) is 0 Å². The lowest BCUT2D eigenvalue weighted by Crippen LogP contribution is -2.19. The summed E-state index contributed by atoms with van der Waals surface area (Å²) in [6, 6.07) is 1.92. The molecule has 0 aliphatic carbocycles. The van der Waals surface area contributed by atoms with E-state index in [1.165, 1.54) is 6.92 Å². The molecule has 4 nitrogen and oxygen atoms in total. The van der Waals surface area contributed by atoms with Crippen molar-refractivity contribution in [2.75, 3.05) is 0 Å². The number of carboxylic acid groups (broad SMARTS) is 1. The molecule has 0 fully saturated rings. The average Bonchev–Trinajstić information content (AvgIpc) is 2.14. The van der Waals surface area contributed by atoms with Crippen molar-refractivity contribution < 1.29 is 14.6 Å². The van der Waals surface area contributed by atoms with Crippen molar-refractivity contribution in [3.63, 3.8) is 0 Å². The predicted molar refractivity (Wildman–Crippen MR) is 50.9 cm³/mol. The first-order chi connectivity index (χ1) is 6.59. The van der Waals surface area contributed by atoms with Crippen molar-refractivity contribution >= 4 is 5.97 Å². The van der Waals surface area contributed by atoms with Crippen LogP contribution in [0, 0.1) is 6.92 Å². The molecule has 0 bridgehead atoms. The van der Waals surface area contributed by atoms with Gasteiger partial charge in [0.25, 0.3) is 0 Å². The third-order valence-corrected chi connectivity index (χ3v) is 1.78. The number of hydrogen-bond donors (Lipinski definition) is 1. The fourth-order valence-electron chi connectivity index (χ4n) is 0.989. The number of aliphatic carboxylic acids is 1. The summed E-state index contributed by atoms with van der Waals surface area (Å²) >= 11 is 0. The van der Waals surface area contributed by atoms with Crippen molar-refractivity contribution in [2.45, 2.75) is 26.6 Å². The molecule has 1 rings (SSSR count). The number of rotatable bonds is 4. The van der Waals surface area contributed by atoms with Crippen molar-refractivity contribution in [2.24, 2.45) is 0 Å². The third kappa shape index (κ3) is 3.14. The van der Waals surface area contributed by atoms with Crippen LogP contribution in [-0.2, 0) is 16.1 Å². The van der Waals surface area contributed by atoms with Gasteiger partial charge in [-0.2, -0.15) is 0 Å². The Hall–Kier alpha value is -1.42. The van der Waals surface area contributed by atoms with Crippen molar-refractivity contribution in [1.82, 2.24) is 4.98 Å². The molecule has 4 heteroatoms. The highest BCUT2D eigenvalue weighted by Gasteiger charge is 2.10. The topological polar surface area (TPSA) is 59.4 Å². The summed E-state index contributed by atoms with van der Waals surface area (Å²) in [6.45, 7) is 3.71. The minimum absolute atomic E-state index is 0.280. The summed E-state index contributed by atoms with van der Waals surface area (Å²) in [5, 5.41) is 8.57. The highest BCUT2D eigenvalue weighted by molar-refractivity contribution is 5.71. The maximum absolute atomic E-state index is 10.4. The van der Waals surface area contributed by atoms with Crippen LogP contribution in [0.4, 0.5) is 0 Å². The molecular formula is C10H13NO3. The highest BCUT2D eigenvalue weighted by atomic mass is 16.5. The van der Waals surface area contributed by atoms with Crippen LogP contribution in [0.2, 0.25) is 0 Å². The Morgan fingerprint density at radius 2 is 2.36 bits per heavy atom. The predicted octanol–water partition coefficient (Wildman–Crippen LogP) is 1.38. The van der Waals surface area contributed by atoms with Crippen LogP contribution in [0.1, 0.15) is 18.1 Å². The Kier molecular flexibility index (Phi) is 3.59. The third-order valence-electron chi connectivity index (χ3n) is 1.78. The summed E-state index contributed by atoms with van der Waals surface area (Å²) in [5.74, 6) is -0.953. The maximum Gasteiger partial charge on any atom is 0.332 e. The first-order valence-electron chi connectivity index (χ1n) is 4.34. The number of aryl methyl sites for hydroxylation is 1. The summed E-state index contributed by atoms with van der Waals surface area (Å²) in [5.41, 5.74) is 1.92. The molecule has 0 aliphatic heterocycles. The molecule has 0 amide bonds. The van der Waals surface area contributed by atoms with Crippen LogP contribution in [0.5, 0.6) is 0 Å². The van der Waals surface area contributed by atoms with Gasteiger partial charge in [-0.25, -0.2) is 4.79 Å². The number of pyridine rings is 1. The molecule has 0 radical (unpaired) electrons. The number of ether oxygens (including phenoxy) is 1. The van der Waals surface area contributed by atoms with E-state index in [9.17, 15) is 4.79 Å². The fourth-order valence-corrected chi connectivity index (χ4v) is 0.989. The molecule has 0 spiro atoms. The summed E-state index contributed by atoms with van der Waals surface area (Å²) in [4.78, 5) is 14.4. The molecule has 0 saturated carbocycles. The van der Waals surface area contributed by atoms with Crippen molar-refractivity contribution in [3.05, 3.63) is 29.6 Å². The Morgan fingerprint density at radius 1 is 1.64 bits per heavy atom. The SMILES string of the molecule is Cc1cncc(COC(C)C(=O)O)c1. The van der Waals surface area contributed by atoms with E-state index >= 15 is 0 Å². The zero-order chi connectivity index (χ0) is 10.6. The van der Waals surface area contributed by atoms with Crippen LogP contribution in [0.3, 0.4) is 0 Å². The Labute approximate surface area is 82.5 Å². The lowest BCUT2D eigenvalue weighted by atomic mass is 10.2. The summed E-state index contributed by atoms with van der Waals surface area (Å²) in [6.07, 6.45) is 2.63. The molecule has 0 aromatic carbocycles. The summed E-state index contributed by atoms with van der Waals surface area (Å²) in [7, 11) is 0. The van der Waals surface area contributed by atoms with Crippen LogP contribution >= 0.6 is 0 Å². The largest absolute Gasteiger partial charge is 0.479 e. The molecule has 1 heterocycles. The normalized spacial score (nSPS) is 12.4. The van der Waals surface area contributed by atoms with E-state index in [4.69, 9.17) is 9.84 Å². The molecule has 0 aliphatic rings. The average molecular weight is 195 g/mol. The first-order valence-corrected chi connectivity index (χ1v) is 4.34. The molecule has 1 unspecified atom stereocenters. The van der Waals surface area contributed by atoms with Crippen LogP contribution in [0.25, 0.3) is 0 Å². The molecule has 0 saturated heterocycles. The van der Waals surface area contributed by atoms with Gasteiger partial charge in [-0.1, -0.05) is 6.07 Å². The van der Waals surface area contributed by atoms with Crippen molar-refractivity contribution in [1.29, 1.82) is 0 Å². The molecule has 76 valence electrons. The van der Waals surface area contributed by atoms with Crippen LogP contribution in [0.15, 0.2) is 18.5 Å². The first kappa shape index (κ1) is 10.7. The molecule has 14 heavy (non-hydrogen) atoms.